The van der Waals surface area contributed by atoms with Crippen LogP contribution in [0.3, 0.4) is 0 Å². The van der Waals surface area contributed by atoms with Gasteiger partial charge in [0.1, 0.15) is 0 Å². The van der Waals surface area contributed by atoms with Crippen LogP contribution < -0.4 is 0 Å². The summed E-state index contributed by atoms with van der Waals surface area (Å²) in [7, 11) is 0. The topological polar surface area (TPSA) is 0 Å². The zero-order chi connectivity index (χ0) is 16.8. The Hall–Kier alpha value is -1.27. The van der Waals surface area contributed by atoms with Gasteiger partial charge in [0.2, 0.25) is 0 Å². The Balaban J connectivity index is 2.30. The summed E-state index contributed by atoms with van der Waals surface area (Å²) < 4.78 is 89.9. The molecule has 0 aliphatic heterocycles. The van der Waals surface area contributed by atoms with Crippen molar-refractivity contribution in [2.75, 3.05) is 0 Å². The minimum atomic E-state index is -6.26. The number of benzene rings is 1. The minimum absolute atomic E-state index is 0.181. The molecule has 0 heterocycles. The third-order valence-electron chi connectivity index (χ3n) is 4.06. The molecular formula is C15H15F7. The SMILES string of the molecule is Cc1ccc2c(c1)C(CC(F)(F)C(F)(F)C(F)(F)F)CCC2. The van der Waals surface area contributed by atoms with E-state index in [0.29, 0.717) is 18.4 Å². The predicted octanol–water partition coefficient (Wildman–Crippen LogP) is 5.64. The lowest BCUT2D eigenvalue weighted by Gasteiger charge is -2.33. The van der Waals surface area contributed by atoms with E-state index < -0.39 is 30.4 Å². The first-order chi connectivity index (χ1) is 9.96. The van der Waals surface area contributed by atoms with Crippen molar-refractivity contribution in [2.24, 2.45) is 0 Å². The molecule has 1 unspecified atom stereocenters. The van der Waals surface area contributed by atoms with Gasteiger partial charge in [-0.25, -0.2) is 0 Å². The highest BCUT2D eigenvalue weighted by molar-refractivity contribution is 5.36. The lowest BCUT2D eigenvalue weighted by Crippen LogP contribution is -2.52. The van der Waals surface area contributed by atoms with Gasteiger partial charge in [0.25, 0.3) is 0 Å². The molecule has 0 fully saturated rings. The molecular weight excluding hydrogens is 313 g/mol. The van der Waals surface area contributed by atoms with Crippen molar-refractivity contribution < 1.29 is 30.7 Å². The van der Waals surface area contributed by atoms with Gasteiger partial charge < -0.3 is 0 Å². The second-order valence-corrected chi connectivity index (χ2v) is 5.77. The van der Waals surface area contributed by atoms with Gasteiger partial charge in [0, 0.05) is 6.42 Å². The third kappa shape index (κ3) is 2.94. The summed E-state index contributed by atoms with van der Waals surface area (Å²) in [6, 6.07) is 5.08. The molecule has 7 heteroatoms. The maximum Gasteiger partial charge on any atom is 0.459 e. The summed E-state index contributed by atoms with van der Waals surface area (Å²) in [5.41, 5.74) is 1.97. The van der Waals surface area contributed by atoms with Crippen LogP contribution in [0.2, 0.25) is 0 Å². The number of rotatable bonds is 3. The van der Waals surface area contributed by atoms with Crippen LogP contribution in [0.25, 0.3) is 0 Å². The Bertz CT molecular complexity index is 545. The van der Waals surface area contributed by atoms with Gasteiger partial charge in [-0.1, -0.05) is 23.8 Å². The first kappa shape index (κ1) is 17.1. The van der Waals surface area contributed by atoms with E-state index in [2.05, 4.69) is 0 Å². The lowest BCUT2D eigenvalue weighted by atomic mass is 9.78. The van der Waals surface area contributed by atoms with Crippen molar-refractivity contribution in [1.82, 2.24) is 0 Å². The normalized spacial score (nSPS) is 19.9. The average Bonchev–Trinajstić information content (AvgIpc) is 2.37. The summed E-state index contributed by atoms with van der Waals surface area (Å²) >= 11 is 0. The smallest absolute Gasteiger partial charge is 0.199 e. The quantitative estimate of drug-likeness (QED) is 0.630. The molecule has 124 valence electrons. The van der Waals surface area contributed by atoms with Crippen LogP contribution in [0.5, 0.6) is 0 Å². The fourth-order valence-electron chi connectivity index (χ4n) is 2.87. The zero-order valence-electron chi connectivity index (χ0n) is 11.8. The molecule has 0 saturated heterocycles. The molecule has 1 aliphatic rings. The summed E-state index contributed by atoms with van der Waals surface area (Å²) in [6.45, 7) is 1.72. The van der Waals surface area contributed by atoms with Gasteiger partial charge >= 0.3 is 18.0 Å². The van der Waals surface area contributed by atoms with E-state index in [0.717, 1.165) is 11.1 Å². The standard InChI is InChI=1S/C15H15F7/c1-9-5-6-10-3-2-4-11(12(10)7-9)8-13(16,17)14(18,19)15(20,21)22/h5-7,11H,2-4,8H2,1H3. The number of halogens is 7. The van der Waals surface area contributed by atoms with Crippen LogP contribution in [0.1, 0.15) is 41.9 Å². The van der Waals surface area contributed by atoms with Crippen molar-refractivity contribution in [3.05, 3.63) is 34.9 Å². The second-order valence-electron chi connectivity index (χ2n) is 5.77. The zero-order valence-corrected chi connectivity index (χ0v) is 11.8. The van der Waals surface area contributed by atoms with Crippen molar-refractivity contribution in [1.29, 1.82) is 0 Å². The van der Waals surface area contributed by atoms with E-state index in [9.17, 15) is 30.7 Å². The number of hydrogen-bond donors (Lipinski definition) is 0. The fraction of sp³-hybridized carbons (Fsp3) is 0.600. The highest BCUT2D eigenvalue weighted by Gasteiger charge is 2.72. The average molecular weight is 328 g/mol. The van der Waals surface area contributed by atoms with Crippen LogP contribution in [-0.4, -0.2) is 18.0 Å². The van der Waals surface area contributed by atoms with Crippen LogP contribution in [0.15, 0.2) is 18.2 Å². The predicted molar refractivity (Wildman–Crippen MR) is 67.4 cm³/mol. The van der Waals surface area contributed by atoms with Crippen molar-refractivity contribution in [3.63, 3.8) is 0 Å². The molecule has 0 amide bonds. The fourth-order valence-corrected chi connectivity index (χ4v) is 2.87. The van der Waals surface area contributed by atoms with Gasteiger partial charge in [-0.15, -0.1) is 0 Å². The molecule has 1 aromatic rings. The van der Waals surface area contributed by atoms with Gasteiger partial charge in [0.05, 0.1) is 0 Å². The summed E-state index contributed by atoms with van der Waals surface area (Å²) in [6.07, 6.45) is -6.47. The number of aryl methyl sites for hydroxylation is 2. The van der Waals surface area contributed by atoms with E-state index in [-0.39, 0.29) is 6.42 Å². The highest BCUT2D eigenvalue weighted by Crippen LogP contribution is 2.51. The van der Waals surface area contributed by atoms with Crippen LogP contribution in [0, 0.1) is 6.92 Å². The first-order valence-electron chi connectivity index (χ1n) is 6.87. The molecule has 0 aromatic heterocycles. The summed E-state index contributed by atoms with van der Waals surface area (Å²) in [5.74, 6) is -12.2. The second kappa shape index (κ2) is 5.42. The summed E-state index contributed by atoms with van der Waals surface area (Å²) in [5, 5.41) is 0. The first-order valence-corrected chi connectivity index (χ1v) is 6.87. The molecule has 0 bridgehead atoms. The van der Waals surface area contributed by atoms with Gasteiger partial charge in [0.15, 0.2) is 0 Å². The molecule has 1 atom stereocenters. The maximum atomic E-state index is 13.6. The number of fused-ring (bicyclic) bond motifs is 1. The number of alkyl halides is 7. The molecule has 2 rings (SSSR count). The van der Waals surface area contributed by atoms with Crippen LogP contribution in [-0.2, 0) is 6.42 Å². The van der Waals surface area contributed by atoms with E-state index in [1.54, 1.807) is 25.1 Å². The molecule has 0 radical (unpaired) electrons. The molecule has 0 N–H and O–H groups in total. The Morgan fingerprint density at radius 3 is 2.27 bits per heavy atom. The Morgan fingerprint density at radius 2 is 1.68 bits per heavy atom. The molecule has 22 heavy (non-hydrogen) atoms. The molecule has 1 aliphatic carbocycles. The third-order valence-corrected chi connectivity index (χ3v) is 4.06. The highest BCUT2D eigenvalue weighted by atomic mass is 19.4. The Kier molecular flexibility index (Phi) is 4.21. The minimum Gasteiger partial charge on any atom is -0.199 e. The Labute approximate surface area is 123 Å². The van der Waals surface area contributed by atoms with Gasteiger partial charge in [-0.05, 0) is 43.2 Å². The van der Waals surface area contributed by atoms with Crippen molar-refractivity contribution in [3.8, 4) is 0 Å². The maximum absolute atomic E-state index is 13.6. The molecule has 0 saturated carbocycles. The van der Waals surface area contributed by atoms with Gasteiger partial charge in [-0.2, -0.15) is 30.7 Å². The lowest BCUT2D eigenvalue weighted by molar-refractivity contribution is -0.356. The van der Waals surface area contributed by atoms with E-state index in [1.807, 2.05) is 0 Å². The van der Waals surface area contributed by atoms with E-state index in [4.69, 9.17) is 0 Å². The largest absolute Gasteiger partial charge is 0.459 e. The summed E-state index contributed by atoms with van der Waals surface area (Å²) in [4.78, 5) is 0. The Morgan fingerprint density at radius 1 is 1.05 bits per heavy atom. The monoisotopic (exact) mass is 328 g/mol. The van der Waals surface area contributed by atoms with E-state index >= 15 is 0 Å². The molecule has 0 nitrogen and oxygen atoms in total. The van der Waals surface area contributed by atoms with Crippen LogP contribution in [0.4, 0.5) is 30.7 Å². The van der Waals surface area contributed by atoms with Crippen LogP contribution >= 0.6 is 0 Å². The van der Waals surface area contributed by atoms with Gasteiger partial charge in [-0.3, -0.25) is 0 Å². The van der Waals surface area contributed by atoms with E-state index in [1.165, 1.54) is 0 Å². The molecule has 0 spiro atoms. The number of hydrogen-bond acceptors (Lipinski definition) is 0. The van der Waals surface area contributed by atoms with Crippen molar-refractivity contribution >= 4 is 0 Å². The van der Waals surface area contributed by atoms with Crippen molar-refractivity contribution in [2.45, 2.75) is 56.5 Å². The molecule has 1 aromatic carbocycles.